The predicted molar refractivity (Wildman–Crippen MR) is 183 cm³/mol. The Morgan fingerprint density at radius 1 is 0.891 bits per heavy atom. The molecule has 234 valence electrons. The van der Waals surface area contributed by atoms with Crippen LogP contribution in [0.3, 0.4) is 0 Å². The van der Waals surface area contributed by atoms with E-state index in [0.29, 0.717) is 24.1 Å². The lowest BCUT2D eigenvalue weighted by Gasteiger charge is -2.35. The van der Waals surface area contributed by atoms with E-state index in [9.17, 15) is 5.11 Å². The van der Waals surface area contributed by atoms with Gasteiger partial charge in [-0.15, -0.1) is 0 Å². The Morgan fingerprint density at radius 2 is 1.63 bits per heavy atom. The molecule has 1 aliphatic heterocycles. The van der Waals surface area contributed by atoms with Crippen LogP contribution in [0.1, 0.15) is 49.3 Å². The Morgan fingerprint density at radius 3 is 2.35 bits per heavy atom. The first-order chi connectivity index (χ1) is 22.1. The van der Waals surface area contributed by atoms with Gasteiger partial charge in [0.15, 0.2) is 5.75 Å². The van der Waals surface area contributed by atoms with Crippen molar-refractivity contribution in [1.29, 1.82) is 0 Å². The molecule has 46 heavy (non-hydrogen) atoms. The molecule has 6 aromatic rings. The molecule has 0 radical (unpaired) electrons. The molecule has 3 aromatic heterocycles. The summed E-state index contributed by atoms with van der Waals surface area (Å²) in [6, 6.07) is 20.8. The summed E-state index contributed by atoms with van der Waals surface area (Å²) in [6.45, 7) is 13.8. The summed E-state index contributed by atoms with van der Waals surface area (Å²) >= 11 is 0. The maximum atomic E-state index is 10.8. The van der Waals surface area contributed by atoms with Gasteiger partial charge in [0.05, 0.1) is 35.8 Å². The second-order valence-electron chi connectivity index (χ2n) is 13.0. The van der Waals surface area contributed by atoms with Gasteiger partial charge in [0.25, 0.3) is 0 Å². The number of pyridine rings is 1. The average Bonchev–Trinajstić information content (AvgIpc) is 3.38. The van der Waals surface area contributed by atoms with Crippen molar-refractivity contribution in [3.63, 3.8) is 0 Å². The minimum atomic E-state index is -0.533. The highest BCUT2D eigenvalue weighted by Crippen LogP contribution is 2.49. The van der Waals surface area contributed by atoms with Gasteiger partial charge < -0.3 is 24.0 Å². The van der Waals surface area contributed by atoms with Gasteiger partial charge in [0.2, 0.25) is 11.8 Å². The Kier molecular flexibility index (Phi) is 7.50. The third-order valence-corrected chi connectivity index (χ3v) is 8.67. The molecule has 0 saturated heterocycles. The van der Waals surface area contributed by atoms with E-state index in [0.717, 1.165) is 56.2 Å². The van der Waals surface area contributed by atoms with Gasteiger partial charge in [-0.25, -0.2) is 15.0 Å². The van der Waals surface area contributed by atoms with Crippen LogP contribution in [0.25, 0.3) is 32.8 Å². The molecule has 0 amide bonds. The molecule has 3 aromatic carbocycles. The Bertz CT molecular complexity index is 2060. The van der Waals surface area contributed by atoms with Crippen molar-refractivity contribution in [3.8, 4) is 22.8 Å². The second kappa shape index (κ2) is 11.5. The largest absolute Gasteiger partial charge is 0.435 e. The Hall–Kier alpha value is -4.79. The summed E-state index contributed by atoms with van der Waals surface area (Å²) in [7, 11) is 0. The number of aliphatic hydroxyl groups excluding tert-OH is 1. The van der Waals surface area contributed by atoms with Crippen molar-refractivity contribution >= 4 is 33.3 Å². The van der Waals surface area contributed by atoms with Crippen molar-refractivity contribution in [2.75, 3.05) is 18.1 Å². The topological polar surface area (TPSA) is 85.5 Å². The highest BCUT2D eigenvalue weighted by atomic mass is 16.5. The molecule has 1 N–H and O–H groups in total. The van der Waals surface area contributed by atoms with Gasteiger partial charge in [0.1, 0.15) is 6.10 Å². The SMILES string of the molecule is Cc1ccc(-c2c([C@@H](CO)OC(C)(C)C)c(C)c3c4c2cc(C)n4CCN3c2ncc(Oc3nccc4ccccc34)cn2)cc1. The molecule has 4 heterocycles. The summed E-state index contributed by atoms with van der Waals surface area (Å²) < 4.78 is 15.1. The van der Waals surface area contributed by atoms with E-state index in [2.05, 4.69) is 65.6 Å². The van der Waals surface area contributed by atoms with E-state index in [4.69, 9.17) is 19.4 Å². The number of ether oxygens (including phenoxy) is 2. The zero-order chi connectivity index (χ0) is 32.2. The molecule has 8 nitrogen and oxygen atoms in total. The first-order valence-corrected chi connectivity index (χ1v) is 15.8. The standard InChI is InChI=1S/C38H39N5O3/c1-23-11-13-27(14-12-23)33-30-19-24(2)42-17-18-43(34(35(30)42)25(3)32(33)31(22-44)46-38(4,5)6)37-40-20-28(21-41-37)45-36-29-10-8-7-9-26(29)15-16-39-36/h7-16,19-21,31,44H,17-18,22H2,1-6H3/t31-/m1/s1. The highest BCUT2D eigenvalue weighted by Gasteiger charge is 2.33. The normalized spacial score (nSPS) is 13.8. The fourth-order valence-corrected chi connectivity index (χ4v) is 6.73. The zero-order valence-corrected chi connectivity index (χ0v) is 27.2. The van der Waals surface area contributed by atoms with Gasteiger partial charge in [-0.3, -0.25) is 0 Å². The monoisotopic (exact) mass is 613 g/mol. The minimum absolute atomic E-state index is 0.146. The molecule has 8 heteroatoms. The number of rotatable bonds is 7. The second-order valence-corrected chi connectivity index (χ2v) is 13.0. The quantitative estimate of drug-likeness (QED) is 0.194. The lowest BCUT2D eigenvalue weighted by molar-refractivity contribution is -0.0821. The van der Waals surface area contributed by atoms with Crippen LogP contribution in [0.4, 0.5) is 11.6 Å². The number of aromatic nitrogens is 4. The number of hydrogen-bond donors (Lipinski definition) is 1. The van der Waals surface area contributed by atoms with Gasteiger partial charge in [-0.2, -0.15) is 0 Å². The number of nitrogens with zero attached hydrogens (tertiary/aromatic N) is 5. The molecule has 0 unspecified atom stereocenters. The molecular formula is C38H39N5O3. The maximum Gasteiger partial charge on any atom is 0.230 e. The molecular weight excluding hydrogens is 574 g/mol. The smallest absolute Gasteiger partial charge is 0.230 e. The van der Waals surface area contributed by atoms with E-state index in [1.807, 2.05) is 51.1 Å². The molecule has 0 spiro atoms. The highest BCUT2D eigenvalue weighted by molar-refractivity contribution is 6.07. The summed E-state index contributed by atoms with van der Waals surface area (Å²) in [5.74, 6) is 1.61. The van der Waals surface area contributed by atoms with Gasteiger partial charge >= 0.3 is 0 Å². The number of aryl methyl sites for hydroxylation is 2. The molecule has 0 saturated carbocycles. The first kappa shape index (κ1) is 29.9. The number of anilines is 2. The zero-order valence-electron chi connectivity index (χ0n) is 27.2. The predicted octanol–water partition coefficient (Wildman–Crippen LogP) is 8.36. The van der Waals surface area contributed by atoms with Crippen LogP contribution >= 0.6 is 0 Å². The molecule has 0 aliphatic carbocycles. The van der Waals surface area contributed by atoms with E-state index in [1.54, 1.807) is 18.6 Å². The molecule has 1 aliphatic rings. The van der Waals surface area contributed by atoms with Crippen LogP contribution in [0.2, 0.25) is 0 Å². The van der Waals surface area contributed by atoms with Gasteiger partial charge in [0, 0.05) is 35.8 Å². The summed E-state index contributed by atoms with van der Waals surface area (Å²) in [5, 5.41) is 13.9. The van der Waals surface area contributed by atoms with Crippen molar-refractivity contribution in [1.82, 2.24) is 19.5 Å². The number of aliphatic hydroxyl groups is 1. The summed E-state index contributed by atoms with van der Waals surface area (Å²) in [5.41, 5.74) is 8.29. The minimum Gasteiger partial charge on any atom is -0.435 e. The van der Waals surface area contributed by atoms with Crippen molar-refractivity contribution < 1.29 is 14.6 Å². The molecule has 0 bridgehead atoms. The lowest BCUT2D eigenvalue weighted by atomic mass is 9.87. The maximum absolute atomic E-state index is 10.8. The van der Waals surface area contributed by atoms with E-state index >= 15 is 0 Å². The van der Waals surface area contributed by atoms with Crippen LogP contribution in [0.15, 0.2) is 79.3 Å². The number of hydrogen-bond acceptors (Lipinski definition) is 7. The first-order valence-electron chi connectivity index (χ1n) is 15.8. The van der Waals surface area contributed by atoms with Crippen molar-refractivity contribution in [3.05, 3.63) is 102 Å². The van der Waals surface area contributed by atoms with Crippen LogP contribution in [0.5, 0.6) is 11.6 Å². The van der Waals surface area contributed by atoms with E-state index in [-0.39, 0.29) is 6.61 Å². The summed E-state index contributed by atoms with van der Waals surface area (Å²) in [4.78, 5) is 16.2. The van der Waals surface area contributed by atoms with Crippen LogP contribution < -0.4 is 9.64 Å². The number of fused-ring (bicyclic) bond motifs is 1. The van der Waals surface area contributed by atoms with Crippen LogP contribution in [0, 0.1) is 20.8 Å². The van der Waals surface area contributed by atoms with Gasteiger partial charge in [-0.1, -0.05) is 48.0 Å². The average molecular weight is 614 g/mol. The molecule has 7 rings (SSSR count). The third-order valence-electron chi connectivity index (χ3n) is 8.67. The Labute approximate surface area is 269 Å². The molecule has 0 fully saturated rings. The van der Waals surface area contributed by atoms with Crippen LogP contribution in [-0.2, 0) is 11.3 Å². The van der Waals surface area contributed by atoms with Crippen molar-refractivity contribution in [2.24, 2.45) is 0 Å². The van der Waals surface area contributed by atoms with Crippen molar-refractivity contribution in [2.45, 2.75) is 59.8 Å². The Balaban J connectivity index is 1.37. The summed E-state index contributed by atoms with van der Waals surface area (Å²) in [6.07, 6.45) is 4.62. The number of benzene rings is 3. The van der Waals surface area contributed by atoms with E-state index < -0.39 is 11.7 Å². The van der Waals surface area contributed by atoms with E-state index in [1.165, 1.54) is 11.3 Å². The lowest BCUT2D eigenvalue weighted by Crippen LogP contribution is -2.31. The van der Waals surface area contributed by atoms with Crippen LogP contribution in [-0.4, -0.2) is 43.4 Å². The third kappa shape index (κ3) is 5.27. The fraction of sp³-hybridized carbons (Fsp3) is 0.289. The fourth-order valence-electron chi connectivity index (χ4n) is 6.73. The molecule has 1 atom stereocenters. The van der Waals surface area contributed by atoms with Gasteiger partial charge in [-0.05, 0) is 87.4 Å².